The van der Waals surface area contributed by atoms with Crippen molar-refractivity contribution in [3.05, 3.63) is 35.9 Å². The average Bonchev–Trinajstić information content (AvgIpc) is 2.76. The normalized spacial score (nSPS) is 20.9. The standard InChI is InChI=1S/C15H22N2O/c1-15(2,12-7-5-4-6-8-12)14(18)16-13-9-10-17(3)11-13/h4-8,13H,9-11H2,1-3H3,(H,16,18). The van der Waals surface area contributed by atoms with Gasteiger partial charge in [0, 0.05) is 12.6 Å². The molecule has 1 saturated heterocycles. The summed E-state index contributed by atoms with van der Waals surface area (Å²) in [6.45, 7) is 5.99. The summed E-state index contributed by atoms with van der Waals surface area (Å²) in [6, 6.07) is 10.3. The maximum absolute atomic E-state index is 12.4. The van der Waals surface area contributed by atoms with E-state index < -0.39 is 5.41 Å². The van der Waals surface area contributed by atoms with Crippen LogP contribution in [-0.2, 0) is 10.2 Å². The SMILES string of the molecule is CN1CCC(NC(=O)C(C)(C)c2ccccc2)C1. The lowest BCUT2D eigenvalue weighted by Gasteiger charge is -2.26. The Morgan fingerprint density at radius 2 is 2.00 bits per heavy atom. The van der Waals surface area contributed by atoms with Crippen LogP contribution in [0, 0.1) is 0 Å². The first-order valence-electron chi connectivity index (χ1n) is 6.55. The average molecular weight is 246 g/mol. The molecular formula is C15H22N2O. The largest absolute Gasteiger partial charge is 0.351 e. The molecule has 1 unspecified atom stereocenters. The van der Waals surface area contributed by atoms with E-state index in [9.17, 15) is 4.79 Å². The van der Waals surface area contributed by atoms with Gasteiger partial charge in [0.05, 0.1) is 5.41 Å². The van der Waals surface area contributed by atoms with Crippen LogP contribution >= 0.6 is 0 Å². The Balaban J connectivity index is 2.04. The molecule has 1 N–H and O–H groups in total. The Labute approximate surface area is 109 Å². The predicted molar refractivity (Wildman–Crippen MR) is 73.5 cm³/mol. The minimum absolute atomic E-state index is 0.119. The Hall–Kier alpha value is -1.35. The van der Waals surface area contributed by atoms with Crippen LogP contribution in [0.1, 0.15) is 25.8 Å². The van der Waals surface area contributed by atoms with Crippen molar-refractivity contribution in [3.63, 3.8) is 0 Å². The van der Waals surface area contributed by atoms with Crippen LogP contribution in [0.2, 0.25) is 0 Å². The van der Waals surface area contributed by atoms with E-state index in [-0.39, 0.29) is 5.91 Å². The summed E-state index contributed by atoms with van der Waals surface area (Å²) in [5.41, 5.74) is 0.594. The van der Waals surface area contributed by atoms with Crippen molar-refractivity contribution in [2.75, 3.05) is 20.1 Å². The van der Waals surface area contributed by atoms with E-state index in [1.807, 2.05) is 44.2 Å². The molecule has 2 rings (SSSR count). The van der Waals surface area contributed by atoms with Crippen LogP contribution in [0.4, 0.5) is 0 Å². The lowest BCUT2D eigenvalue weighted by Crippen LogP contribution is -2.46. The number of likely N-dealkylation sites (N-methyl/N-ethyl adjacent to an activating group) is 1. The summed E-state index contributed by atoms with van der Waals surface area (Å²) < 4.78 is 0. The minimum atomic E-state index is -0.470. The molecule has 0 bridgehead atoms. The van der Waals surface area contributed by atoms with Crippen molar-refractivity contribution in [3.8, 4) is 0 Å². The molecule has 1 aromatic carbocycles. The molecule has 0 saturated carbocycles. The van der Waals surface area contributed by atoms with Gasteiger partial charge in [0.15, 0.2) is 0 Å². The first-order valence-corrected chi connectivity index (χ1v) is 6.55. The van der Waals surface area contributed by atoms with Gasteiger partial charge in [-0.2, -0.15) is 0 Å². The van der Waals surface area contributed by atoms with Crippen molar-refractivity contribution < 1.29 is 4.79 Å². The van der Waals surface area contributed by atoms with Gasteiger partial charge >= 0.3 is 0 Å². The number of nitrogens with zero attached hydrogens (tertiary/aromatic N) is 1. The van der Waals surface area contributed by atoms with E-state index in [1.165, 1.54) is 0 Å². The van der Waals surface area contributed by atoms with Gasteiger partial charge in [-0.05, 0) is 39.4 Å². The second kappa shape index (κ2) is 5.11. The van der Waals surface area contributed by atoms with E-state index in [0.717, 1.165) is 25.1 Å². The Morgan fingerprint density at radius 1 is 1.33 bits per heavy atom. The number of amides is 1. The molecule has 1 atom stereocenters. The predicted octanol–water partition coefficient (Wildman–Crippen LogP) is 1.78. The number of hydrogen-bond acceptors (Lipinski definition) is 2. The van der Waals surface area contributed by atoms with Gasteiger partial charge < -0.3 is 10.2 Å². The van der Waals surface area contributed by atoms with Crippen molar-refractivity contribution in [1.29, 1.82) is 0 Å². The van der Waals surface area contributed by atoms with Gasteiger partial charge in [-0.3, -0.25) is 4.79 Å². The maximum Gasteiger partial charge on any atom is 0.230 e. The zero-order valence-corrected chi connectivity index (χ0v) is 11.4. The van der Waals surface area contributed by atoms with Crippen LogP contribution in [0.5, 0.6) is 0 Å². The van der Waals surface area contributed by atoms with Gasteiger partial charge in [0.25, 0.3) is 0 Å². The fourth-order valence-electron chi connectivity index (χ4n) is 2.40. The molecular weight excluding hydrogens is 224 g/mol. The smallest absolute Gasteiger partial charge is 0.230 e. The van der Waals surface area contributed by atoms with Crippen molar-refractivity contribution in [2.24, 2.45) is 0 Å². The fraction of sp³-hybridized carbons (Fsp3) is 0.533. The Morgan fingerprint density at radius 3 is 2.56 bits per heavy atom. The van der Waals surface area contributed by atoms with Crippen LogP contribution in [0.3, 0.4) is 0 Å². The molecule has 1 fully saturated rings. The maximum atomic E-state index is 12.4. The van der Waals surface area contributed by atoms with Crippen LogP contribution < -0.4 is 5.32 Å². The van der Waals surface area contributed by atoms with E-state index in [0.29, 0.717) is 6.04 Å². The lowest BCUT2D eigenvalue weighted by molar-refractivity contribution is -0.126. The van der Waals surface area contributed by atoms with Crippen LogP contribution in [0.15, 0.2) is 30.3 Å². The molecule has 1 aromatic rings. The monoisotopic (exact) mass is 246 g/mol. The summed E-state index contributed by atoms with van der Waals surface area (Å²) in [4.78, 5) is 14.6. The molecule has 0 aromatic heterocycles. The second-order valence-electron chi connectivity index (χ2n) is 5.71. The summed E-state index contributed by atoms with van der Waals surface area (Å²) >= 11 is 0. The molecule has 1 amide bonds. The number of nitrogens with one attached hydrogen (secondary N) is 1. The number of hydrogen-bond donors (Lipinski definition) is 1. The number of benzene rings is 1. The first-order chi connectivity index (χ1) is 8.50. The fourth-order valence-corrected chi connectivity index (χ4v) is 2.40. The van der Waals surface area contributed by atoms with Crippen molar-refractivity contribution in [2.45, 2.75) is 31.7 Å². The van der Waals surface area contributed by atoms with Crippen molar-refractivity contribution >= 4 is 5.91 Å². The van der Waals surface area contributed by atoms with Gasteiger partial charge in [0.2, 0.25) is 5.91 Å². The van der Waals surface area contributed by atoms with Gasteiger partial charge in [-0.1, -0.05) is 30.3 Å². The summed E-state index contributed by atoms with van der Waals surface area (Å²) in [5.74, 6) is 0.119. The zero-order valence-electron chi connectivity index (χ0n) is 11.4. The molecule has 0 spiro atoms. The molecule has 1 heterocycles. The molecule has 3 heteroatoms. The Kier molecular flexibility index (Phi) is 3.71. The third-order valence-corrected chi connectivity index (χ3v) is 3.79. The van der Waals surface area contributed by atoms with Gasteiger partial charge in [-0.25, -0.2) is 0 Å². The quantitative estimate of drug-likeness (QED) is 0.882. The van der Waals surface area contributed by atoms with E-state index in [4.69, 9.17) is 0 Å². The van der Waals surface area contributed by atoms with E-state index >= 15 is 0 Å². The Bertz CT molecular complexity index is 414. The first kappa shape index (κ1) is 13.1. The highest BCUT2D eigenvalue weighted by atomic mass is 16.2. The molecule has 1 aliphatic heterocycles. The molecule has 0 radical (unpaired) electrons. The highest BCUT2D eigenvalue weighted by Crippen LogP contribution is 2.23. The second-order valence-corrected chi connectivity index (χ2v) is 5.71. The van der Waals surface area contributed by atoms with E-state index in [2.05, 4.69) is 17.3 Å². The molecule has 18 heavy (non-hydrogen) atoms. The highest BCUT2D eigenvalue weighted by Gasteiger charge is 2.32. The van der Waals surface area contributed by atoms with Crippen LogP contribution in [-0.4, -0.2) is 37.0 Å². The third kappa shape index (κ3) is 2.72. The number of carbonyl (C=O) groups is 1. The van der Waals surface area contributed by atoms with Gasteiger partial charge in [-0.15, -0.1) is 0 Å². The number of carbonyl (C=O) groups excluding carboxylic acids is 1. The lowest BCUT2D eigenvalue weighted by atomic mass is 9.83. The molecule has 0 aliphatic carbocycles. The van der Waals surface area contributed by atoms with Crippen molar-refractivity contribution in [1.82, 2.24) is 10.2 Å². The summed E-state index contributed by atoms with van der Waals surface area (Å²) in [5, 5.41) is 3.17. The zero-order chi connectivity index (χ0) is 13.2. The molecule has 3 nitrogen and oxygen atoms in total. The molecule has 1 aliphatic rings. The highest BCUT2D eigenvalue weighted by molar-refractivity contribution is 5.87. The summed E-state index contributed by atoms with van der Waals surface area (Å²) in [7, 11) is 2.09. The summed E-state index contributed by atoms with van der Waals surface area (Å²) in [6.07, 6.45) is 1.05. The van der Waals surface area contributed by atoms with E-state index in [1.54, 1.807) is 0 Å². The van der Waals surface area contributed by atoms with Gasteiger partial charge in [0.1, 0.15) is 0 Å². The molecule has 98 valence electrons. The van der Waals surface area contributed by atoms with Crippen LogP contribution in [0.25, 0.3) is 0 Å². The third-order valence-electron chi connectivity index (χ3n) is 3.79. The topological polar surface area (TPSA) is 32.3 Å². The number of rotatable bonds is 3. The minimum Gasteiger partial charge on any atom is -0.351 e. The number of likely N-dealkylation sites (tertiary alicyclic amines) is 1.